The maximum absolute atomic E-state index is 12.2. The van der Waals surface area contributed by atoms with Crippen molar-refractivity contribution in [3.05, 3.63) is 63.4 Å². The van der Waals surface area contributed by atoms with E-state index in [-0.39, 0.29) is 11.5 Å². The molecule has 26 heavy (non-hydrogen) atoms. The number of hydrogen-bond acceptors (Lipinski definition) is 6. The molecule has 1 aliphatic carbocycles. The minimum Gasteiger partial charge on any atom is -0.451 e. The monoisotopic (exact) mass is 357 g/mol. The van der Waals surface area contributed by atoms with Gasteiger partial charge in [0.25, 0.3) is 0 Å². The molecule has 1 saturated carbocycles. The van der Waals surface area contributed by atoms with Crippen LogP contribution in [0.5, 0.6) is 0 Å². The molecule has 0 unspecified atom stereocenters. The number of ether oxygens (including phenoxy) is 1. The van der Waals surface area contributed by atoms with Gasteiger partial charge in [-0.1, -0.05) is 43.5 Å². The fourth-order valence-corrected chi connectivity index (χ4v) is 3.20. The van der Waals surface area contributed by atoms with E-state index >= 15 is 0 Å². The minimum atomic E-state index is -0.912. The number of benzene rings is 1. The molecule has 0 amide bonds. The quantitative estimate of drug-likeness (QED) is 0.331. The van der Waals surface area contributed by atoms with Crippen LogP contribution in [0, 0.1) is 10.1 Å². The molecule has 2 aromatic rings. The summed E-state index contributed by atoms with van der Waals surface area (Å²) in [5, 5.41) is 10.5. The zero-order valence-electron chi connectivity index (χ0n) is 14.2. The average Bonchev–Trinajstić information content (AvgIpc) is 3.17. The van der Waals surface area contributed by atoms with E-state index in [1.54, 1.807) is 12.1 Å². The lowest BCUT2D eigenvalue weighted by atomic mass is 9.84. The van der Waals surface area contributed by atoms with E-state index in [9.17, 15) is 19.7 Å². The number of furan rings is 1. The van der Waals surface area contributed by atoms with Gasteiger partial charge in [0.05, 0.1) is 6.07 Å². The summed E-state index contributed by atoms with van der Waals surface area (Å²) in [6.45, 7) is -0.448. The van der Waals surface area contributed by atoms with E-state index in [1.807, 2.05) is 12.1 Å². The lowest BCUT2D eigenvalue weighted by Gasteiger charge is -2.22. The van der Waals surface area contributed by atoms with E-state index in [1.165, 1.54) is 37.7 Å². The van der Waals surface area contributed by atoms with Gasteiger partial charge in [0.2, 0.25) is 5.76 Å². The first-order chi connectivity index (χ1) is 12.5. The summed E-state index contributed by atoms with van der Waals surface area (Å²) in [5.41, 5.74) is 1.70. The number of esters is 1. The SMILES string of the molecule is O=C(COC(=O)c1ccc([N+](=O)[O-])o1)c1ccc(C2CCCCC2)cc1. The molecule has 0 atom stereocenters. The number of nitro groups is 1. The van der Waals surface area contributed by atoms with Crippen LogP contribution in [0.3, 0.4) is 0 Å². The van der Waals surface area contributed by atoms with Crippen LogP contribution in [0.1, 0.15) is 64.5 Å². The number of ketones is 1. The van der Waals surface area contributed by atoms with E-state index in [4.69, 9.17) is 9.15 Å². The second kappa shape index (κ2) is 7.95. The van der Waals surface area contributed by atoms with E-state index < -0.39 is 23.4 Å². The number of rotatable bonds is 6. The van der Waals surface area contributed by atoms with Crippen molar-refractivity contribution in [2.75, 3.05) is 6.61 Å². The summed E-state index contributed by atoms with van der Waals surface area (Å²) in [7, 11) is 0. The van der Waals surface area contributed by atoms with Crippen LogP contribution in [-0.4, -0.2) is 23.3 Å². The summed E-state index contributed by atoms with van der Waals surface area (Å²) in [6.07, 6.45) is 6.14. The molecule has 0 radical (unpaired) electrons. The highest BCUT2D eigenvalue weighted by Gasteiger charge is 2.20. The smallest absolute Gasteiger partial charge is 0.433 e. The molecule has 0 N–H and O–H groups in total. The summed E-state index contributed by atoms with van der Waals surface area (Å²) >= 11 is 0. The van der Waals surface area contributed by atoms with Crippen LogP contribution in [-0.2, 0) is 4.74 Å². The van der Waals surface area contributed by atoms with Crippen molar-refractivity contribution in [2.24, 2.45) is 0 Å². The lowest BCUT2D eigenvalue weighted by Crippen LogP contribution is -2.14. The van der Waals surface area contributed by atoms with Crippen molar-refractivity contribution in [2.45, 2.75) is 38.0 Å². The fourth-order valence-electron chi connectivity index (χ4n) is 3.20. The standard InChI is InChI=1S/C19H19NO6/c21-16(12-25-19(22)17-10-11-18(26-17)20(23)24)15-8-6-14(7-9-15)13-4-2-1-3-5-13/h6-11,13H,1-5,12H2. The van der Waals surface area contributed by atoms with Crippen LogP contribution in [0.15, 0.2) is 40.8 Å². The molecule has 7 nitrogen and oxygen atoms in total. The molecule has 0 saturated heterocycles. The normalized spacial score (nSPS) is 14.8. The number of nitrogens with zero attached hydrogens (tertiary/aromatic N) is 1. The predicted molar refractivity (Wildman–Crippen MR) is 92.2 cm³/mol. The molecule has 0 spiro atoms. The molecular weight excluding hydrogens is 338 g/mol. The van der Waals surface area contributed by atoms with Crippen LogP contribution in [0.25, 0.3) is 0 Å². The third-order valence-electron chi connectivity index (χ3n) is 4.62. The second-order valence-electron chi connectivity index (χ2n) is 6.35. The Kier molecular flexibility index (Phi) is 5.46. The van der Waals surface area contributed by atoms with Gasteiger partial charge in [0, 0.05) is 5.56 Å². The molecule has 1 aromatic heterocycles. The summed E-state index contributed by atoms with van der Waals surface area (Å²) in [6, 6.07) is 9.61. The third kappa shape index (κ3) is 4.17. The molecule has 3 rings (SSSR count). The highest BCUT2D eigenvalue weighted by molar-refractivity contribution is 5.99. The Hall–Kier alpha value is -2.96. The molecular formula is C19H19NO6. The van der Waals surface area contributed by atoms with Gasteiger partial charge in [-0.25, -0.2) is 4.79 Å². The van der Waals surface area contributed by atoms with Gasteiger partial charge in [-0.05, 0) is 30.4 Å². The molecule has 0 bridgehead atoms. The van der Waals surface area contributed by atoms with Gasteiger partial charge in [0.1, 0.15) is 4.92 Å². The molecule has 7 heteroatoms. The van der Waals surface area contributed by atoms with Crippen molar-refractivity contribution < 1.29 is 23.7 Å². The van der Waals surface area contributed by atoms with E-state index in [2.05, 4.69) is 0 Å². The Balaban J connectivity index is 1.55. The number of carbonyl (C=O) groups is 2. The molecule has 1 fully saturated rings. The summed E-state index contributed by atoms with van der Waals surface area (Å²) < 4.78 is 9.62. The van der Waals surface area contributed by atoms with Crippen LogP contribution in [0.2, 0.25) is 0 Å². The number of hydrogen-bond donors (Lipinski definition) is 0. The molecule has 1 aliphatic rings. The van der Waals surface area contributed by atoms with Gasteiger partial charge >= 0.3 is 11.9 Å². The fraction of sp³-hybridized carbons (Fsp3) is 0.368. The maximum atomic E-state index is 12.2. The van der Waals surface area contributed by atoms with Crippen molar-refractivity contribution in [1.82, 2.24) is 0 Å². The van der Waals surface area contributed by atoms with Gasteiger partial charge in [-0.2, -0.15) is 0 Å². The molecule has 1 heterocycles. The first-order valence-corrected chi connectivity index (χ1v) is 8.59. The van der Waals surface area contributed by atoms with Crippen molar-refractivity contribution in [3.63, 3.8) is 0 Å². The summed E-state index contributed by atoms with van der Waals surface area (Å²) in [4.78, 5) is 33.7. The van der Waals surface area contributed by atoms with Crippen molar-refractivity contribution in [1.29, 1.82) is 0 Å². The molecule has 136 valence electrons. The lowest BCUT2D eigenvalue weighted by molar-refractivity contribution is -0.402. The van der Waals surface area contributed by atoms with Crippen molar-refractivity contribution in [3.8, 4) is 0 Å². The van der Waals surface area contributed by atoms with Crippen LogP contribution < -0.4 is 0 Å². The topological polar surface area (TPSA) is 99.7 Å². The van der Waals surface area contributed by atoms with Crippen LogP contribution in [0.4, 0.5) is 5.88 Å². The third-order valence-corrected chi connectivity index (χ3v) is 4.62. The Morgan fingerprint density at radius 2 is 1.77 bits per heavy atom. The van der Waals surface area contributed by atoms with Crippen LogP contribution >= 0.6 is 0 Å². The Morgan fingerprint density at radius 3 is 2.38 bits per heavy atom. The zero-order chi connectivity index (χ0) is 18.5. The Morgan fingerprint density at radius 1 is 1.08 bits per heavy atom. The van der Waals surface area contributed by atoms with Gasteiger partial charge in [0.15, 0.2) is 12.4 Å². The first kappa shape index (κ1) is 17.8. The minimum absolute atomic E-state index is 0.308. The van der Waals surface area contributed by atoms with E-state index in [0.29, 0.717) is 11.5 Å². The second-order valence-corrected chi connectivity index (χ2v) is 6.35. The Labute approximate surface area is 150 Å². The highest BCUT2D eigenvalue weighted by atomic mass is 16.7. The summed E-state index contributed by atoms with van der Waals surface area (Å²) in [5.74, 6) is -1.56. The van der Waals surface area contributed by atoms with Gasteiger partial charge in [-0.15, -0.1) is 0 Å². The largest absolute Gasteiger partial charge is 0.451 e. The Bertz CT molecular complexity index is 802. The number of Topliss-reactive ketones (excluding diaryl/α,β-unsaturated/α-hetero) is 1. The predicted octanol–water partition coefficient (Wildman–Crippen LogP) is 4.28. The maximum Gasteiger partial charge on any atom is 0.433 e. The van der Waals surface area contributed by atoms with Crippen molar-refractivity contribution >= 4 is 17.6 Å². The molecule has 0 aliphatic heterocycles. The van der Waals surface area contributed by atoms with E-state index in [0.717, 1.165) is 12.1 Å². The average molecular weight is 357 g/mol. The molecule has 1 aromatic carbocycles. The van der Waals surface area contributed by atoms with Gasteiger partial charge < -0.3 is 9.15 Å². The highest BCUT2D eigenvalue weighted by Crippen LogP contribution is 2.32. The first-order valence-electron chi connectivity index (χ1n) is 8.59. The zero-order valence-corrected chi connectivity index (χ0v) is 14.2. The number of carbonyl (C=O) groups excluding carboxylic acids is 2. The van der Waals surface area contributed by atoms with Gasteiger partial charge in [-0.3, -0.25) is 14.9 Å².